The van der Waals surface area contributed by atoms with Crippen molar-refractivity contribution in [2.45, 2.75) is 0 Å². The van der Waals surface area contributed by atoms with Crippen LogP contribution in [0, 0.1) is 0 Å². The Kier molecular flexibility index (Phi) is 4.65. The fraction of sp³-hybridized carbons (Fsp3) is 0.111. The van der Waals surface area contributed by atoms with Crippen molar-refractivity contribution in [3.63, 3.8) is 0 Å². The maximum atomic E-state index is 8.90. The van der Waals surface area contributed by atoms with Gasteiger partial charge < -0.3 is 9.84 Å². The lowest BCUT2D eigenvalue weighted by Crippen LogP contribution is -1.94. The molecule has 0 aliphatic rings. The highest BCUT2D eigenvalue weighted by atomic mass is 16.5. The normalized spacial score (nSPS) is 10.4. The van der Waals surface area contributed by atoms with E-state index in [4.69, 9.17) is 9.84 Å². The summed E-state index contributed by atoms with van der Waals surface area (Å²) in [6.45, 7) is 10.6. The molecule has 0 heterocycles. The van der Waals surface area contributed by atoms with Crippen LogP contribution in [0.5, 0.6) is 0 Å². The number of aliphatic hydroxyl groups is 1. The molecule has 0 rings (SSSR count). The Bertz CT molecular complexity index is 190. The lowest BCUT2D eigenvalue weighted by Gasteiger charge is -2.04. The maximum absolute atomic E-state index is 8.90. The highest BCUT2D eigenvalue weighted by Crippen LogP contribution is 2.05. The first-order valence-corrected chi connectivity index (χ1v) is 3.17. The first-order chi connectivity index (χ1) is 5.22. The minimum atomic E-state index is -0.105. The van der Waals surface area contributed by atoms with Crippen molar-refractivity contribution in [1.82, 2.24) is 0 Å². The highest BCUT2D eigenvalue weighted by Gasteiger charge is 1.97. The van der Waals surface area contributed by atoms with Crippen LogP contribution in [-0.2, 0) is 4.74 Å². The number of rotatable bonds is 5. The summed E-state index contributed by atoms with van der Waals surface area (Å²) in [4.78, 5) is 0. The Balaban J connectivity index is 4.10. The topological polar surface area (TPSA) is 29.5 Å². The third-order valence-corrected chi connectivity index (χ3v) is 0.910. The fourth-order valence-corrected chi connectivity index (χ4v) is 0.483. The van der Waals surface area contributed by atoms with E-state index in [1.807, 2.05) is 0 Å². The summed E-state index contributed by atoms with van der Waals surface area (Å²) in [6.07, 6.45) is 4.63. The number of hydrogen-bond donors (Lipinski definition) is 1. The summed E-state index contributed by atoms with van der Waals surface area (Å²) in [5.41, 5.74) is 0. The van der Waals surface area contributed by atoms with Gasteiger partial charge in [-0.15, -0.1) is 0 Å². The predicted molar refractivity (Wildman–Crippen MR) is 46.2 cm³/mol. The van der Waals surface area contributed by atoms with Crippen molar-refractivity contribution in [1.29, 1.82) is 0 Å². The quantitative estimate of drug-likeness (QED) is 0.372. The Labute approximate surface area is 66.8 Å². The standard InChI is InChI=1S/C9H12O2/c1-4-6-9(8(3)10)11-7-5-2/h4-6,10H,1-3,7H2/b9-6+. The van der Waals surface area contributed by atoms with Crippen LogP contribution < -0.4 is 0 Å². The van der Waals surface area contributed by atoms with Gasteiger partial charge in [-0.25, -0.2) is 0 Å². The zero-order valence-corrected chi connectivity index (χ0v) is 6.42. The van der Waals surface area contributed by atoms with Crippen LogP contribution in [0.1, 0.15) is 0 Å². The molecule has 0 aromatic carbocycles. The number of hydrogen-bond acceptors (Lipinski definition) is 2. The molecule has 2 heteroatoms. The van der Waals surface area contributed by atoms with Gasteiger partial charge in [0.25, 0.3) is 0 Å². The SMILES string of the molecule is C=C/C=C(/OCC=C)C(=C)O. The smallest absolute Gasteiger partial charge is 0.160 e. The molecular weight excluding hydrogens is 140 g/mol. The fourth-order valence-electron chi connectivity index (χ4n) is 0.483. The van der Waals surface area contributed by atoms with Gasteiger partial charge in [0.05, 0.1) is 0 Å². The van der Waals surface area contributed by atoms with Crippen molar-refractivity contribution in [3.05, 3.63) is 49.5 Å². The van der Waals surface area contributed by atoms with Gasteiger partial charge in [-0.2, -0.15) is 0 Å². The first-order valence-electron chi connectivity index (χ1n) is 3.17. The molecule has 0 radical (unpaired) electrons. The van der Waals surface area contributed by atoms with Crippen LogP contribution in [0.2, 0.25) is 0 Å². The zero-order chi connectivity index (χ0) is 8.69. The largest absolute Gasteiger partial charge is 0.505 e. The molecule has 0 unspecified atom stereocenters. The Hall–Kier alpha value is -1.44. The Morgan fingerprint density at radius 2 is 2.09 bits per heavy atom. The van der Waals surface area contributed by atoms with E-state index >= 15 is 0 Å². The second-order valence-corrected chi connectivity index (χ2v) is 1.81. The van der Waals surface area contributed by atoms with E-state index in [2.05, 4.69) is 19.7 Å². The molecule has 0 aromatic rings. The van der Waals surface area contributed by atoms with Gasteiger partial charge in [-0.3, -0.25) is 0 Å². The third-order valence-electron chi connectivity index (χ3n) is 0.910. The summed E-state index contributed by atoms with van der Waals surface area (Å²) in [5.74, 6) is 0.214. The van der Waals surface area contributed by atoms with Gasteiger partial charge >= 0.3 is 0 Å². The number of aliphatic hydroxyl groups excluding tert-OH is 1. The monoisotopic (exact) mass is 152 g/mol. The molecule has 0 aliphatic carbocycles. The van der Waals surface area contributed by atoms with E-state index in [1.54, 1.807) is 6.08 Å². The van der Waals surface area contributed by atoms with Crippen molar-refractivity contribution < 1.29 is 9.84 Å². The molecule has 2 nitrogen and oxygen atoms in total. The van der Waals surface area contributed by atoms with Crippen LogP contribution in [-0.4, -0.2) is 11.7 Å². The van der Waals surface area contributed by atoms with Crippen LogP contribution in [0.4, 0.5) is 0 Å². The molecule has 0 saturated heterocycles. The molecule has 0 fully saturated rings. The van der Waals surface area contributed by atoms with Gasteiger partial charge in [-0.1, -0.05) is 31.9 Å². The second-order valence-electron chi connectivity index (χ2n) is 1.81. The maximum Gasteiger partial charge on any atom is 0.160 e. The summed E-state index contributed by atoms with van der Waals surface area (Å²) >= 11 is 0. The van der Waals surface area contributed by atoms with E-state index in [-0.39, 0.29) is 5.76 Å². The second kappa shape index (κ2) is 5.35. The van der Waals surface area contributed by atoms with Gasteiger partial charge in [0, 0.05) is 0 Å². The first kappa shape index (κ1) is 9.56. The Morgan fingerprint density at radius 1 is 1.45 bits per heavy atom. The average Bonchev–Trinajstić information content (AvgIpc) is 1.97. The molecule has 60 valence electrons. The van der Waals surface area contributed by atoms with Gasteiger partial charge in [0.1, 0.15) is 12.4 Å². The molecule has 0 bridgehead atoms. The molecular formula is C9H12O2. The van der Waals surface area contributed by atoms with E-state index in [0.29, 0.717) is 12.4 Å². The lowest BCUT2D eigenvalue weighted by molar-refractivity contribution is 0.224. The van der Waals surface area contributed by atoms with E-state index in [9.17, 15) is 0 Å². The highest BCUT2D eigenvalue weighted by molar-refractivity contribution is 5.19. The van der Waals surface area contributed by atoms with Crippen LogP contribution in [0.15, 0.2) is 49.5 Å². The van der Waals surface area contributed by atoms with Crippen LogP contribution >= 0.6 is 0 Å². The molecule has 0 atom stereocenters. The van der Waals surface area contributed by atoms with Crippen molar-refractivity contribution in [2.24, 2.45) is 0 Å². The van der Waals surface area contributed by atoms with Gasteiger partial charge in [-0.05, 0) is 6.08 Å². The molecule has 0 aliphatic heterocycles. The van der Waals surface area contributed by atoms with Crippen molar-refractivity contribution in [3.8, 4) is 0 Å². The molecule has 0 amide bonds. The van der Waals surface area contributed by atoms with Crippen LogP contribution in [0.3, 0.4) is 0 Å². The minimum Gasteiger partial charge on any atom is -0.505 e. The predicted octanol–water partition coefficient (Wildman–Crippen LogP) is 2.33. The summed E-state index contributed by atoms with van der Waals surface area (Å²) in [6, 6.07) is 0. The van der Waals surface area contributed by atoms with Crippen LogP contribution in [0.25, 0.3) is 0 Å². The zero-order valence-electron chi connectivity index (χ0n) is 6.42. The third kappa shape index (κ3) is 4.03. The number of ether oxygens (including phenoxy) is 1. The van der Waals surface area contributed by atoms with E-state index in [1.165, 1.54) is 12.2 Å². The minimum absolute atomic E-state index is 0.105. The van der Waals surface area contributed by atoms with E-state index < -0.39 is 0 Å². The number of allylic oxidation sites excluding steroid dienone is 2. The summed E-state index contributed by atoms with van der Waals surface area (Å²) in [5, 5.41) is 8.90. The molecule has 0 aromatic heterocycles. The molecule has 11 heavy (non-hydrogen) atoms. The molecule has 1 N–H and O–H groups in total. The van der Waals surface area contributed by atoms with Crippen molar-refractivity contribution >= 4 is 0 Å². The molecule has 0 spiro atoms. The lowest BCUT2D eigenvalue weighted by atomic mass is 10.4. The van der Waals surface area contributed by atoms with E-state index in [0.717, 1.165) is 0 Å². The summed E-state index contributed by atoms with van der Waals surface area (Å²) in [7, 11) is 0. The summed E-state index contributed by atoms with van der Waals surface area (Å²) < 4.78 is 5.02. The molecule has 0 saturated carbocycles. The average molecular weight is 152 g/mol. The Morgan fingerprint density at radius 3 is 2.45 bits per heavy atom. The van der Waals surface area contributed by atoms with Gasteiger partial charge in [0.15, 0.2) is 5.76 Å². The van der Waals surface area contributed by atoms with Crippen molar-refractivity contribution in [2.75, 3.05) is 6.61 Å². The van der Waals surface area contributed by atoms with Gasteiger partial charge in [0.2, 0.25) is 0 Å².